The van der Waals surface area contributed by atoms with Crippen molar-refractivity contribution in [2.75, 3.05) is 18.5 Å². The quantitative estimate of drug-likeness (QED) is 0.300. The lowest BCUT2D eigenvalue weighted by atomic mass is 9.98. The number of benzene rings is 3. The molecule has 0 spiro atoms. The lowest BCUT2D eigenvalue weighted by Crippen LogP contribution is -2.27. The number of carbonyl (C=O) groups excluding carboxylic acids is 2. The molecular formula is C27H25BrN2O5. The van der Waals surface area contributed by atoms with E-state index >= 15 is 0 Å². The standard InChI is InChI=1S/C27H25BrN2O5/c28-23-13-7-12-21(26(32)33)25(23)30-24(31)14-5-6-15-29-27(34)35-16-22-19-10-3-1-8-17(19)18-9-2-4-11-20(18)22/h1-4,7-13,22H,5-6,14-16H2,(H,29,34)(H,30,31)(H,32,33). The topological polar surface area (TPSA) is 105 Å². The molecule has 0 radical (unpaired) electrons. The van der Waals surface area contributed by atoms with Crippen LogP contribution < -0.4 is 10.6 Å². The number of carboxylic acid groups (broad SMARTS) is 1. The van der Waals surface area contributed by atoms with Gasteiger partial charge < -0.3 is 20.5 Å². The minimum Gasteiger partial charge on any atom is -0.478 e. The van der Waals surface area contributed by atoms with Crippen molar-refractivity contribution < 1.29 is 24.2 Å². The molecule has 2 amide bonds. The Bertz CT molecular complexity index is 1210. The fourth-order valence-corrected chi connectivity index (χ4v) is 4.75. The smallest absolute Gasteiger partial charge is 0.407 e. The van der Waals surface area contributed by atoms with Crippen LogP contribution in [0.25, 0.3) is 11.1 Å². The number of halogens is 1. The molecule has 3 N–H and O–H groups in total. The van der Waals surface area contributed by atoms with Crippen LogP contribution in [0.1, 0.15) is 46.7 Å². The summed E-state index contributed by atoms with van der Waals surface area (Å²) >= 11 is 3.27. The second kappa shape index (κ2) is 11.2. The highest BCUT2D eigenvalue weighted by molar-refractivity contribution is 9.10. The fraction of sp³-hybridized carbons (Fsp3) is 0.222. The number of hydrogen-bond donors (Lipinski definition) is 3. The third kappa shape index (κ3) is 5.71. The van der Waals surface area contributed by atoms with E-state index in [-0.39, 0.29) is 36.1 Å². The van der Waals surface area contributed by atoms with Gasteiger partial charge in [0.15, 0.2) is 0 Å². The number of hydrogen-bond acceptors (Lipinski definition) is 4. The van der Waals surface area contributed by atoms with E-state index in [1.54, 1.807) is 12.1 Å². The number of aromatic carboxylic acids is 1. The van der Waals surface area contributed by atoms with Gasteiger partial charge in [0, 0.05) is 23.4 Å². The maximum Gasteiger partial charge on any atom is 0.407 e. The van der Waals surface area contributed by atoms with Crippen LogP contribution in [0, 0.1) is 0 Å². The lowest BCUT2D eigenvalue weighted by Gasteiger charge is -2.14. The van der Waals surface area contributed by atoms with Crippen molar-refractivity contribution in [1.82, 2.24) is 5.32 Å². The molecule has 0 aliphatic heterocycles. The number of ether oxygens (including phenoxy) is 1. The molecule has 0 aromatic heterocycles. The molecule has 0 unspecified atom stereocenters. The summed E-state index contributed by atoms with van der Waals surface area (Å²) in [5.41, 5.74) is 4.92. The van der Waals surface area contributed by atoms with Gasteiger partial charge in [0.25, 0.3) is 0 Å². The van der Waals surface area contributed by atoms with E-state index in [1.165, 1.54) is 17.2 Å². The lowest BCUT2D eigenvalue weighted by molar-refractivity contribution is -0.116. The molecule has 1 aliphatic carbocycles. The summed E-state index contributed by atoms with van der Waals surface area (Å²) in [6, 6.07) is 21.0. The van der Waals surface area contributed by atoms with E-state index in [0.717, 1.165) is 11.1 Å². The van der Waals surface area contributed by atoms with Crippen molar-refractivity contribution in [3.05, 3.63) is 87.9 Å². The molecule has 0 heterocycles. The minimum absolute atomic E-state index is 0.00449. The van der Waals surface area contributed by atoms with Crippen LogP contribution >= 0.6 is 15.9 Å². The van der Waals surface area contributed by atoms with Crippen molar-refractivity contribution in [2.45, 2.75) is 25.2 Å². The Labute approximate surface area is 211 Å². The van der Waals surface area contributed by atoms with Gasteiger partial charge in [0.2, 0.25) is 5.91 Å². The van der Waals surface area contributed by atoms with Crippen LogP contribution in [0.4, 0.5) is 10.5 Å². The monoisotopic (exact) mass is 536 g/mol. The van der Waals surface area contributed by atoms with Gasteiger partial charge in [-0.05, 0) is 63.2 Å². The average Bonchev–Trinajstić information content (AvgIpc) is 3.17. The van der Waals surface area contributed by atoms with Crippen molar-refractivity contribution in [1.29, 1.82) is 0 Å². The number of para-hydroxylation sites is 1. The molecule has 4 rings (SSSR count). The number of anilines is 1. The number of nitrogens with one attached hydrogen (secondary N) is 2. The Morgan fingerprint density at radius 2 is 1.54 bits per heavy atom. The van der Waals surface area contributed by atoms with Crippen molar-refractivity contribution in [2.24, 2.45) is 0 Å². The van der Waals surface area contributed by atoms with Crippen LogP contribution in [0.15, 0.2) is 71.2 Å². The van der Waals surface area contributed by atoms with Gasteiger partial charge >= 0.3 is 12.1 Å². The first kappa shape index (κ1) is 24.5. The number of fused-ring (bicyclic) bond motifs is 3. The summed E-state index contributed by atoms with van der Waals surface area (Å²) in [6.07, 6.45) is 0.824. The maximum absolute atomic E-state index is 12.3. The van der Waals surface area contributed by atoms with Gasteiger partial charge in [-0.3, -0.25) is 4.79 Å². The first-order valence-corrected chi connectivity index (χ1v) is 12.2. The van der Waals surface area contributed by atoms with E-state index in [4.69, 9.17) is 4.74 Å². The SMILES string of the molecule is O=C(CCCCNC(=O)OCC1c2ccccc2-c2ccccc21)Nc1c(Br)cccc1C(=O)O. The third-order valence-corrected chi connectivity index (χ3v) is 6.61. The van der Waals surface area contributed by atoms with Crippen LogP contribution in [0.5, 0.6) is 0 Å². The Balaban J connectivity index is 1.19. The molecule has 3 aromatic carbocycles. The summed E-state index contributed by atoms with van der Waals surface area (Å²) in [5, 5.41) is 14.7. The molecule has 8 heteroatoms. The summed E-state index contributed by atoms with van der Waals surface area (Å²) in [4.78, 5) is 35.8. The first-order chi connectivity index (χ1) is 17.0. The van der Waals surface area contributed by atoms with E-state index in [1.807, 2.05) is 24.3 Å². The molecule has 0 bridgehead atoms. The van der Waals surface area contributed by atoms with Crippen LogP contribution in [-0.4, -0.2) is 36.2 Å². The predicted octanol–water partition coefficient (Wildman–Crippen LogP) is 5.79. The third-order valence-electron chi connectivity index (χ3n) is 5.95. The summed E-state index contributed by atoms with van der Waals surface area (Å²) < 4.78 is 6.01. The van der Waals surface area contributed by atoms with Gasteiger partial charge in [0.1, 0.15) is 6.61 Å². The van der Waals surface area contributed by atoms with Gasteiger partial charge in [-0.25, -0.2) is 9.59 Å². The zero-order valence-corrected chi connectivity index (χ0v) is 20.5. The highest BCUT2D eigenvalue weighted by Crippen LogP contribution is 2.44. The fourth-order valence-electron chi connectivity index (χ4n) is 4.28. The number of carboxylic acids is 1. The van der Waals surface area contributed by atoms with Crippen LogP contribution in [0.3, 0.4) is 0 Å². The Kier molecular flexibility index (Phi) is 7.82. The highest BCUT2D eigenvalue weighted by atomic mass is 79.9. The number of carbonyl (C=O) groups is 3. The molecule has 35 heavy (non-hydrogen) atoms. The van der Waals surface area contributed by atoms with Crippen LogP contribution in [0.2, 0.25) is 0 Å². The molecule has 3 aromatic rings. The molecule has 0 saturated heterocycles. The van der Waals surface area contributed by atoms with E-state index in [0.29, 0.717) is 23.9 Å². The van der Waals surface area contributed by atoms with Gasteiger partial charge in [0.05, 0.1) is 11.3 Å². The van der Waals surface area contributed by atoms with Gasteiger partial charge in [-0.2, -0.15) is 0 Å². The van der Waals surface area contributed by atoms with Gasteiger partial charge in [-0.1, -0.05) is 54.6 Å². The normalized spacial score (nSPS) is 11.9. The number of unbranched alkanes of at least 4 members (excludes halogenated alkanes) is 1. The number of amides is 2. The predicted molar refractivity (Wildman–Crippen MR) is 137 cm³/mol. The van der Waals surface area contributed by atoms with Crippen molar-refractivity contribution >= 4 is 39.6 Å². The average molecular weight is 537 g/mol. The van der Waals surface area contributed by atoms with E-state index in [9.17, 15) is 19.5 Å². The second-order valence-electron chi connectivity index (χ2n) is 8.23. The van der Waals surface area contributed by atoms with E-state index < -0.39 is 12.1 Å². The Morgan fingerprint density at radius 1 is 0.886 bits per heavy atom. The molecule has 7 nitrogen and oxygen atoms in total. The molecular weight excluding hydrogens is 512 g/mol. The number of alkyl carbamates (subject to hydrolysis) is 1. The molecule has 0 atom stereocenters. The van der Waals surface area contributed by atoms with Crippen molar-refractivity contribution in [3.8, 4) is 11.1 Å². The Morgan fingerprint density at radius 3 is 2.20 bits per heavy atom. The highest BCUT2D eigenvalue weighted by Gasteiger charge is 2.28. The van der Waals surface area contributed by atoms with Crippen LogP contribution in [-0.2, 0) is 9.53 Å². The summed E-state index contributed by atoms with van der Waals surface area (Å²) in [5.74, 6) is -1.40. The zero-order valence-electron chi connectivity index (χ0n) is 18.9. The summed E-state index contributed by atoms with van der Waals surface area (Å²) in [6.45, 7) is 0.624. The van der Waals surface area contributed by atoms with Gasteiger partial charge in [-0.15, -0.1) is 0 Å². The molecule has 180 valence electrons. The van der Waals surface area contributed by atoms with E-state index in [2.05, 4.69) is 50.8 Å². The second-order valence-corrected chi connectivity index (χ2v) is 9.08. The minimum atomic E-state index is -1.12. The summed E-state index contributed by atoms with van der Waals surface area (Å²) in [7, 11) is 0. The maximum atomic E-state index is 12.3. The number of rotatable bonds is 9. The Hall–Kier alpha value is -3.65. The first-order valence-electron chi connectivity index (χ1n) is 11.4. The van der Waals surface area contributed by atoms with Crippen molar-refractivity contribution in [3.63, 3.8) is 0 Å². The molecule has 0 fully saturated rings. The largest absolute Gasteiger partial charge is 0.478 e. The molecule has 1 aliphatic rings. The molecule has 0 saturated carbocycles. The zero-order chi connectivity index (χ0) is 24.8.